The second kappa shape index (κ2) is 6.13. The minimum atomic E-state index is -3.43. The maximum Gasteiger partial charge on any atom is 0.277 e. The molecule has 0 aliphatic carbocycles. The van der Waals surface area contributed by atoms with Crippen molar-refractivity contribution in [1.29, 1.82) is 0 Å². The summed E-state index contributed by atoms with van der Waals surface area (Å²) in [5.41, 5.74) is 4.91. The Morgan fingerprint density at radius 3 is 2.06 bits per heavy atom. The van der Waals surface area contributed by atoms with Gasteiger partial charge in [-0.1, -0.05) is 13.8 Å². The average molecular weight is 265 g/mol. The lowest BCUT2D eigenvalue weighted by Gasteiger charge is -2.26. The van der Waals surface area contributed by atoms with Crippen LogP contribution >= 0.6 is 0 Å². The molecule has 0 unspecified atom stereocenters. The summed E-state index contributed by atoms with van der Waals surface area (Å²) >= 11 is 0. The van der Waals surface area contributed by atoms with Crippen molar-refractivity contribution in [2.75, 3.05) is 13.1 Å². The third kappa shape index (κ3) is 9.52. The van der Waals surface area contributed by atoms with Crippen LogP contribution in [0.1, 0.15) is 47.5 Å². The molecule has 104 valence electrons. The molecule has 0 spiro atoms. The molecule has 0 aromatic carbocycles. The lowest BCUT2D eigenvalue weighted by atomic mass is 9.88. The molecule has 0 atom stereocenters. The summed E-state index contributed by atoms with van der Waals surface area (Å²) in [4.78, 5) is 0. The molecule has 0 bridgehead atoms. The van der Waals surface area contributed by atoms with E-state index >= 15 is 0 Å². The Labute approximate surface area is 106 Å². The highest BCUT2D eigenvalue weighted by atomic mass is 32.2. The van der Waals surface area contributed by atoms with E-state index < -0.39 is 15.7 Å². The monoisotopic (exact) mass is 265 g/mol. The first kappa shape index (κ1) is 16.8. The van der Waals surface area contributed by atoms with Gasteiger partial charge in [-0.3, -0.25) is 0 Å². The quantitative estimate of drug-likeness (QED) is 0.641. The molecule has 0 aliphatic rings. The Kier molecular flexibility index (Phi) is 6.07. The maximum absolute atomic E-state index is 11.7. The van der Waals surface area contributed by atoms with Crippen molar-refractivity contribution < 1.29 is 8.42 Å². The van der Waals surface area contributed by atoms with Gasteiger partial charge >= 0.3 is 0 Å². The Bertz CT molecular complexity index is 318. The van der Waals surface area contributed by atoms with Gasteiger partial charge in [-0.05, 0) is 45.6 Å². The summed E-state index contributed by atoms with van der Waals surface area (Å²) in [6.07, 6.45) is 1.81. The van der Waals surface area contributed by atoms with Crippen LogP contribution in [0.2, 0.25) is 0 Å². The van der Waals surface area contributed by atoms with Gasteiger partial charge in [0, 0.05) is 12.1 Å². The molecule has 0 amide bonds. The largest absolute Gasteiger partial charge is 0.330 e. The van der Waals surface area contributed by atoms with E-state index in [2.05, 4.69) is 9.44 Å². The smallest absolute Gasteiger partial charge is 0.277 e. The second-order valence-electron chi connectivity index (χ2n) is 6.23. The molecule has 0 saturated carbocycles. The van der Waals surface area contributed by atoms with Gasteiger partial charge in [0.2, 0.25) is 0 Å². The Morgan fingerprint density at radius 1 is 1.12 bits per heavy atom. The van der Waals surface area contributed by atoms with Crippen LogP contribution < -0.4 is 15.2 Å². The maximum atomic E-state index is 11.7. The van der Waals surface area contributed by atoms with E-state index in [1.807, 2.05) is 34.6 Å². The molecule has 5 nitrogen and oxygen atoms in total. The third-order valence-corrected chi connectivity index (χ3v) is 3.64. The molecule has 0 heterocycles. The molecule has 6 heteroatoms. The van der Waals surface area contributed by atoms with Crippen molar-refractivity contribution in [2.24, 2.45) is 11.1 Å². The van der Waals surface area contributed by atoms with Crippen LogP contribution in [0.4, 0.5) is 0 Å². The first-order valence-electron chi connectivity index (χ1n) is 5.96. The normalized spacial score (nSPS) is 14.0. The zero-order chi connectivity index (χ0) is 13.7. The molecular weight excluding hydrogens is 238 g/mol. The van der Waals surface area contributed by atoms with Gasteiger partial charge in [-0.25, -0.2) is 4.72 Å². The van der Waals surface area contributed by atoms with Crippen molar-refractivity contribution in [3.8, 4) is 0 Å². The van der Waals surface area contributed by atoms with E-state index in [0.29, 0.717) is 13.1 Å². The standard InChI is InChI=1S/C11H27N3O2S/c1-10(2,3)14-17(15,16)13-9-11(4,5)7-6-8-12/h13-14H,6-9,12H2,1-5H3. The topological polar surface area (TPSA) is 84.2 Å². The lowest BCUT2D eigenvalue weighted by molar-refractivity contribution is 0.325. The van der Waals surface area contributed by atoms with Gasteiger partial charge in [0.1, 0.15) is 0 Å². The first-order chi connectivity index (χ1) is 7.47. The van der Waals surface area contributed by atoms with Crippen molar-refractivity contribution >= 4 is 10.2 Å². The molecule has 4 N–H and O–H groups in total. The first-order valence-corrected chi connectivity index (χ1v) is 7.44. The van der Waals surface area contributed by atoms with Gasteiger partial charge in [-0.15, -0.1) is 0 Å². The highest BCUT2D eigenvalue weighted by Crippen LogP contribution is 2.20. The molecule has 0 fully saturated rings. The van der Waals surface area contributed by atoms with Crippen LogP contribution in [0.15, 0.2) is 0 Å². The third-order valence-electron chi connectivity index (χ3n) is 2.24. The van der Waals surface area contributed by atoms with Crippen LogP contribution in [0.5, 0.6) is 0 Å². The summed E-state index contributed by atoms with van der Waals surface area (Å²) in [7, 11) is -3.43. The summed E-state index contributed by atoms with van der Waals surface area (Å²) < 4.78 is 28.6. The zero-order valence-corrected chi connectivity index (χ0v) is 12.4. The van der Waals surface area contributed by atoms with Gasteiger partial charge in [-0.2, -0.15) is 13.1 Å². The fourth-order valence-corrected chi connectivity index (χ4v) is 2.86. The zero-order valence-electron chi connectivity index (χ0n) is 11.6. The summed E-state index contributed by atoms with van der Waals surface area (Å²) in [5.74, 6) is 0. The van der Waals surface area contributed by atoms with E-state index in [0.717, 1.165) is 12.8 Å². The van der Waals surface area contributed by atoms with Crippen molar-refractivity contribution in [2.45, 2.75) is 53.0 Å². The number of rotatable bonds is 7. The predicted octanol–water partition coefficient (Wildman–Crippen LogP) is 0.974. The van der Waals surface area contributed by atoms with Crippen molar-refractivity contribution in [3.05, 3.63) is 0 Å². The average Bonchev–Trinajstić information content (AvgIpc) is 2.08. The molecule has 0 radical (unpaired) electrons. The second-order valence-corrected chi connectivity index (χ2v) is 7.73. The highest BCUT2D eigenvalue weighted by molar-refractivity contribution is 7.87. The Balaban J connectivity index is 4.27. The minimum Gasteiger partial charge on any atom is -0.330 e. The number of hydrogen-bond donors (Lipinski definition) is 3. The van der Waals surface area contributed by atoms with E-state index in [-0.39, 0.29) is 5.41 Å². The van der Waals surface area contributed by atoms with Gasteiger partial charge in [0.25, 0.3) is 10.2 Å². The van der Waals surface area contributed by atoms with E-state index in [9.17, 15) is 8.42 Å². The van der Waals surface area contributed by atoms with Gasteiger partial charge in [0.15, 0.2) is 0 Å². The summed E-state index contributed by atoms with van der Waals surface area (Å²) in [5, 5.41) is 0. The van der Waals surface area contributed by atoms with E-state index in [1.54, 1.807) is 0 Å². The number of hydrogen-bond acceptors (Lipinski definition) is 3. The van der Waals surface area contributed by atoms with Crippen LogP contribution in [0.25, 0.3) is 0 Å². The molecule has 0 aliphatic heterocycles. The molecule has 0 aromatic heterocycles. The lowest BCUT2D eigenvalue weighted by Crippen LogP contribution is -2.48. The van der Waals surface area contributed by atoms with E-state index in [4.69, 9.17) is 5.73 Å². The Hall–Kier alpha value is -0.170. The summed E-state index contributed by atoms with van der Waals surface area (Å²) in [6, 6.07) is 0. The van der Waals surface area contributed by atoms with E-state index in [1.165, 1.54) is 0 Å². The number of nitrogens with one attached hydrogen (secondary N) is 2. The SMILES string of the molecule is CC(C)(CCCN)CNS(=O)(=O)NC(C)(C)C. The van der Waals surface area contributed by atoms with Crippen LogP contribution in [-0.2, 0) is 10.2 Å². The predicted molar refractivity (Wildman–Crippen MR) is 71.9 cm³/mol. The molecule has 0 rings (SSSR count). The summed E-state index contributed by atoms with van der Waals surface area (Å²) in [6.45, 7) is 10.5. The molecule has 17 heavy (non-hydrogen) atoms. The van der Waals surface area contributed by atoms with Crippen molar-refractivity contribution in [3.63, 3.8) is 0 Å². The highest BCUT2D eigenvalue weighted by Gasteiger charge is 2.23. The Morgan fingerprint density at radius 2 is 1.65 bits per heavy atom. The molecule has 0 aromatic rings. The van der Waals surface area contributed by atoms with Gasteiger partial charge in [0.05, 0.1) is 0 Å². The number of nitrogens with two attached hydrogens (primary N) is 1. The fraction of sp³-hybridized carbons (Fsp3) is 1.00. The van der Waals surface area contributed by atoms with Crippen LogP contribution in [-0.4, -0.2) is 27.0 Å². The minimum absolute atomic E-state index is 0.0774. The molecular formula is C11H27N3O2S. The van der Waals surface area contributed by atoms with Crippen LogP contribution in [0.3, 0.4) is 0 Å². The van der Waals surface area contributed by atoms with Crippen LogP contribution in [0, 0.1) is 5.41 Å². The van der Waals surface area contributed by atoms with Gasteiger partial charge < -0.3 is 5.73 Å². The fourth-order valence-electron chi connectivity index (χ4n) is 1.40. The van der Waals surface area contributed by atoms with Crippen molar-refractivity contribution in [1.82, 2.24) is 9.44 Å². The molecule has 0 saturated heterocycles.